The Morgan fingerprint density at radius 2 is 1.86 bits per heavy atom. The Balaban J connectivity index is 1.59. The van der Waals surface area contributed by atoms with Crippen molar-refractivity contribution in [2.24, 2.45) is 5.92 Å². The molecule has 3 aromatic heterocycles. The molecule has 0 spiro atoms. The molecule has 0 bridgehead atoms. The first kappa shape index (κ1) is 24.4. The summed E-state index contributed by atoms with van der Waals surface area (Å²) in [5, 5.41) is 8.50. The van der Waals surface area contributed by atoms with E-state index in [1.165, 1.54) is 30.5 Å². The zero-order chi connectivity index (χ0) is 26.5. The molecule has 0 fully saturated rings. The first-order chi connectivity index (χ1) is 17.5. The highest BCUT2D eigenvalue weighted by Crippen LogP contribution is 2.45. The molecule has 4 heterocycles. The zero-order valence-electron chi connectivity index (χ0n) is 20.0. The minimum Gasteiger partial charge on any atom is -0.373 e. The van der Waals surface area contributed by atoms with Gasteiger partial charge < -0.3 is 20.4 Å². The topological polar surface area (TPSA) is 109 Å². The maximum atomic E-state index is 13.5. The number of alkyl halides is 3. The Bertz CT molecular complexity index is 1500. The van der Waals surface area contributed by atoms with Crippen molar-refractivity contribution in [1.29, 1.82) is 0 Å². The molecule has 1 aliphatic rings. The van der Waals surface area contributed by atoms with E-state index in [9.17, 15) is 22.4 Å². The molecule has 2 unspecified atom stereocenters. The van der Waals surface area contributed by atoms with Crippen LogP contribution in [0.15, 0.2) is 42.9 Å². The van der Waals surface area contributed by atoms with E-state index in [0.717, 1.165) is 6.92 Å². The lowest BCUT2D eigenvalue weighted by Crippen LogP contribution is -2.32. The number of benzene rings is 1. The van der Waals surface area contributed by atoms with E-state index >= 15 is 0 Å². The molecule has 37 heavy (non-hydrogen) atoms. The van der Waals surface area contributed by atoms with Crippen LogP contribution in [0.25, 0.3) is 17.2 Å². The van der Waals surface area contributed by atoms with E-state index in [-0.39, 0.29) is 29.1 Å². The minimum absolute atomic E-state index is 0.133. The maximum Gasteiger partial charge on any atom is 0.393 e. The first-order valence-corrected chi connectivity index (χ1v) is 11.3. The van der Waals surface area contributed by atoms with Crippen LogP contribution in [0, 0.1) is 11.7 Å². The molecule has 1 aliphatic heterocycles. The molecular formula is C24H22F4N8O. The third-order valence-corrected chi connectivity index (χ3v) is 6.49. The third-order valence-electron chi connectivity index (χ3n) is 6.49. The van der Waals surface area contributed by atoms with Crippen LogP contribution in [0.1, 0.15) is 25.0 Å². The fourth-order valence-corrected chi connectivity index (χ4v) is 4.25. The Kier molecular flexibility index (Phi) is 5.72. The lowest BCUT2D eigenvalue weighted by Gasteiger charge is -2.24. The van der Waals surface area contributed by atoms with Gasteiger partial charge in [0, 0.05) is 32.2 Å². The molecule has 0 saturated carbocycles. The first-order valence-electron chi connectivity index (χ1n) is 11.3. The second-order valence-corrected chi connectivity index (χ2v) is 8.91. The van der Waals surface area contributed by atoms with Gasteiger partial charge in [-0.05, 0) is 24.6 Å². The largest absolute Gasteiger partial charge is 0.393 e. The van der Waals surface area contributed by atoms with Gasteiger partial charge >= 0.3 is 6.18 Å². The number of hydrogen-bond acceptors (Lipinski definition) is 7. The Hall–Kier alpha value is -4.29. The maximum absolute atomic E-state index is 13.5. The molecule has 4 aromatic rings. The number of anilines is 3. The van der Waals surface area contributed by atoms with Crippen molar-refractivity contribution in [3.8, 4) is 11.5 Å². The number of fused-ring (bicyclic) bond motifs is 2. The predicted molar refractivity (Wildman–Crippen MR) is 129 cm³/mol. The minimum atomic E-state index is -4.36. The summed E-state index contributed by atoms with van der Waals surface area (Å²) in [5.41, 5.74) is 0.432. The summed E-state index contributed by atoms with van der Waals surface area (Å²) in [5.74, 6) is -1.54. The van der Waals surface area contributed by atoms with Gasteiger partial charge in [-0.15, -0.1) is 0 Å². The van der Waals surface area contributed by atoms with Crippen molar-refractivity contribution in [3.63, 3.8) is 0 Å². The second kappa shape index (κ2) is 8.68. The molecule has 0 saturated heterocycles. The van der Waals surface area contributed by atoms with E-state index in [1.54, 1.807) is 30.8 Å². The highest BCUT2D eigenvalue weighted by Gasteiger charge is 2.48. The van der Waals surface area contributed by atoms with Crippen molar-refractivity contribution in [1.82, 2.24) is 24.3 Å². The normalized spacial score (nSPS) is 18.0. The van der Waals surface area contributed by atoms with Crippen LogP contribution >= 0.6 is 0 Å². The van der Waals surface area contributed by atoms with Gasteiger partial charge in [-0.1, -0.05) is 19.1 Å². The van der Waals surface area contributed by atoms with Gasteiger partial charge in [-0.3, -0.25) is 4.79 Å². The average molecular weight is 514 g/mol. The summed E-state index contributed by atoms with van der Waals surface area (Å²) in [6.45, 7) is 2.37. The molecule has 13 heteroatoms. The lowest BCUT2D eigenvalue weighted by molar-refractivity contribution is -0.165. The number of halogens is 4. The zero-order valence-corrected chi connectivity index (χ0v) is 20.0. The number of aromatic nitrogens is 5. The number of carbonyl (C=O) groups is 1. The standard InChI is InChI=1S/C24H22F4N8O/c1-12(24(26,27)28)10-31-20-21-30-8-9-36(21)11-15(32-20)17-33-18(29-3)16-19(34-17)35-22(37)23(16,2)13-4-6-14(25)7-5-13/h4-9,11-12H,10H2,1-3H3,(H,31,32)(H2,29,33,34,35,37). The van der Waals surface area contributed by atoms with Crippen molar-refractivity contribution in [2.75, 3.05) is 29.5 Å². The molecule has 5 rings (SSSR count). The molecule has 192 valence electrons. The van der Waals surface area contributed by atoms with E-state index in [2.05, 4.69) is 35.9 Å². The Morgan fingerprint density at radius 3 is 2.54 bits per heavy atom. The molecule has 0 radical (unpaired) electrons. The summed E-state index contributed by atoms with van der Waals surface area (Å²) >= 11 is 0. The summed E-state index contributed by atoms with van der Waals surface area (Å²) in [4.78, 5) is 30.9. The Morgan fingerprint density at radius 1 is 1.14 bits per heavy atom. The van der Waals surface area contributed by atoms with Gasteiger partial charge in [0.25, 0.3) is 0 Å². The summed E-state index contributed by atoms with van der Waals surface area (Å²) in [7, 11) is 1.64. The van der Waals surface area contributed by atoms with Crippen LogP contribution in [0.3, 0.4) is 0 Å². The van der Waals surface area contributed by atoms with Gasteiger partial charge in [0.05, 0.1) is 11.5 Å². The highest BCUT2D eigenvalue weighted by molar-refractivity contribution is 6.09. The number of imidazole rings is 1. The number of nitrogens with zero attached hydrogens (tertiary/aromatic N) is 5. The highest BCUT2D eigenvalue weighted by atomic mass is 19.4. The smallest absolute Gasteiger partial charge is 0.373 e. The monoisotopic (exact) mass is 514 g/mol. The van der Waals surface area contributed by atoms with Crippen molar-refractivity contribution < 1.29 is 22.4 Å². The fourth-order valence-electron chi connectivity index (χ4n) is 4.25. The second-order valence-electron chi connectivity index (χ2n) is 8.91. The summed E-state index contributed by atoms with van der Waals surface area (Å²) in [6, 6.07) is 5.62. The van der Waals surface area contributed by atoms with E-state index in [1.807, 2.05) is 0 Å². The van der Waals surface area contributed by atoms with E-state index in [4.69, 9.17) is 0 Å². The van der Waals surface area contributed by atoms with Crippen molar-refractivity contribution >= 4 is 29.0 Å². The predicted octanol–water partition coefficient (Wildman–Crippen LogP) is 4.24. The fraction of sp³-hybridized carbons (Fsp3) is 0.292. The van der Waals surface area contributed by atoms with Crippen molar-refractivity contribution in [2.45, 2.75) is 25.4 Å². The SMILES string of the molecule is CNc1nc(-c2cn3ccnc3c(NCC(C)C(F)(F)F)n2)nc2c1C(C)(c1ccc(F)cc1)C(=O)N2. The van der Waals surface area contributed by atoms with Crippen LogP contribution < -0.4 is 16.0 Å². The molecule has 0 aliphatic carbocycles. The van der Waals surface area contributed by atoms with Gasteiger partial charge in [0.15, 0.2) is 17.3 Å². The van der Waals surface area contributed by atoms with E-state index in [0.29, 0.717) is 22.6 Å². The Labute approximate surface area is 208 Å². The quantitative estimate of drug-likeness (QED) is 0.330. The number of hydrogen-bond donors (Lipinski definition) is 3. The number of carbonyl (C=O) groups excluding carboxylic acids is 1. The van der Waals surface area contributed by atoms with Gasteiger partial charge in [0.1, 0.15) is 28.6 Å². The van der Waals surface area contributed by atoms with Crippen LogP contribution in [0.5, 0.6) is 0 Å². The summed E-state index contributed by atoms with van der Waals surface area (Å²) < 4.78 is 54.2. The average Bonchev–Trinajstić information content (AvgIpc) is 3.44. The molecule has 2 atom stereocenters. The number of nitrogens with one attached hydrogen (secondary N) is 3. The molecular weight excluding hydrogens is 492 g/mol. The van der Waals surface area contributed by atoms with Crippen LogP contribution in [-0.2, 0) is 10.2 Å². The molecule has 3 N–H and O–H groups in total. The number of amides is 1. The molecule has 1 aromatic carbocycles. The van der Waals surface area contributed by atoms with Gasteiger partial charge in [-0.25, -0.2) is 24.3 Å². The van der Waals surface area contributed by atoms with Gasteiger partial charge in [-0.2, -0.15) is 13.2 Å². The van der Waals surface area contributed by atoms with Crippen LogP contribution in [0.4, 0.5) is 35.0 Å². The third kappa shape index (κ3) is 4.09. The van der Waals surface area contributed by atoms with Gasteiger partial charge in [0.2, 0.25) is 5.91 Å². The summed E-state index contributed by atoms with van der Waals surface area (Å²) in [6.07, 6.45) is 0.350. The van der Waals surface area contributed by atoms with Crippen LogP contribution in [-0.4, -0.2) is 50.0 Å². The lowest BCUT2D eigenvalue weighted by atomic mass is 9.77. The van der Waals surface area contributed by atoms with E-state index < -0.39 is 29.9 Å². The number of rotatable bonds is 6. The van der Waals surface area contributed by atoms with Crippen LogP contribution in [0.2, 0.25) is 0 Å². The molecule has 1 amide bonds. The molecule has 9 nitrogen and oxygen atoms in total. The van der Waals surface area contributed by atoms with Crippen molar-refractivity contribution in [3.05, 3.63) is 59.8 Å².